The molecule has 0 saturated carbocycles. The van der Waals surface area contributed by atoms with Crippen LogP contribution in [-0.4, -0.2) is 62.2 Å². The van der Waals surface area contributed by atoms with Crippen molar-refractivity contribution in [2.45, 2.75) is 32.1 Å². The summed E-state index contributed by atoms with van der Waals surface area (Å²) in [5, 5.41) is 8.90. The minimum Gasteiger partial charge on any atom is -0.497 e. The van der Waals surface area contributed by atoms with Crippen LogP contribution in [0.25, 0.3) is 0 Å². The van der Waals surface area contributed by atoms with Gasteiger partial charge in [0.25, 0.3) is 5.91 Å². The molecule has 2 aromatic carbocycles. The van der Waals surface area contributed by atoms with E-state index in [1.54, 1.807) is 19.2 Å². The maximum absolute atomic E-state index is 12.9. The molecule has 1 aromatic heterocycles. The molecule has 1 saturated heterocycles. The van der Waals surface area contributed by atoms with Gasteiger partial charge in [0, 0.05) is 42.5 Å². The molecule has 2 heterocycles. The lowest BCUT2D eigenvalue weighted by molar-refractivity contribution is 0.102. The Morgan fingerprint density at radius 2 is 1.89 bits per heavy atom. The summed E-state index contributed by atoms with van der Waals surface area (Å²) < 4.78 is 11.2. The second-order valence-corrected chi connectivity index (χ2v) is 10.4. The van der Waals surface area contributed by atoms with E-state index >= 15 is 0 Å². The maximum Gasteiger partial charge on any atom is 0.257 e. The van der Waals surface area contributed by atoms with E-state index in [9.17, 15) is 4.79 Å². The minimum absolute atomic E-state index is 0.192. The Kier molecular flexibility index (Phi) is 8.96. The first kappa shape index (κ1) is 26.1. The number of nitrogens with zero attached hydrogens (tertiary/aromatic N) is 2. The van der Waals surface area contributed by atoms with E-state index in [4.69, 9.17) is 14.5 Å². The summed E-state index contributed by atoms with van der Waals surface area (Å²) >= 11 is 1.43. The van der Waals surface area contributed by atoms with Crippen LogP contribution in [0, 0.1) is 0 Å². The third kappa shape index (κ3) is 6.84. The Balaban J connectivity index is 1.29. The number of piperazine rings is 1. The van der Waals surface area contributed by atoms with Gasteiger partial charge in [-0.05, 0) is 55.3 Å². The maximum atomic E-state index is 12.9. The molecule has 36 heavy (non-hydrogen) atoms. The molecule has 0 bridgehead atoms. The fourth-order valence-corrected chi connectivity index (χ4v) is 5.11. The van der Waals surface area contributed by atoms with Crippen LogP contribution in [0.5, 0.6) is 11.5 Å². The zero-order chi connectivity index (χ0) is 25.4. The second-order valence-electron chi connectivity index (χ2n) is 9.52. The van der Waals surface area contributed by atoms with Gasteiger partial charge in [0.05, 0.1) is 19.4 Å². The molecule has 8 heteroatoms. The summed E-state index contributed by atoms with van der Waals surface area (Å²) in [5.41, 5.74) is 2.29. The predicted molar refractivity (Wildman–Crippen MR) is 146 cm³/mol. The van der Waals surface area contributed by atoms with Crippen molar-refractivity contribution >= 4 is 22.4 Å². The van der Waals surface area contributed by atoms with Crippen LogP contribution in [0.15, 0.2) is 53.9 Å². The zero-order valence-electron chi connectivity index (χ0n) is 21.4. The summed E-state index contributed by atoms with van der Waals surface area (Å²) in [7, 11) is 1.66. The number of hydrogen-bond acceptors (Lipinski definition) is 7. The smallest absolute Gasteiger partial charge is 0.257 e. The standard InChI is InChI=1S/C28H36N4O3S/c1-28(2,22-9-11-23(34-3)12-10-22)25-20-36-27(30-25)31-26(33)21-7-6-8-24(19-21)35-18-5-4-15-32-16-13-29-14-17-32/h6-12,19-20,29H,4-5,13-18H2,1-3H3,(H,30,31,33). The summed E-state index contributed by atoms with van der Waals surface area (Å²) in [6.45, 7) is 10.4. The van der Waals surface area contributed by atoms with Gasteiger partial charge in [-0.3, -0.25) is 10.1 Å². The molecule has 0 spiro atoms. The Morgan fingerprint density at radius 1 is 1.11 bits per heavy atom. The number of carbonyl (C=O) groups excluding carboxylic acids is 1. The van der Waals surface area contributed by atoms with Crippen LogP contribution < -0.4 is 20.1 Å². The highest BCUT2D eigenvalue weighted by Gasteiger charge is 2.26. The highest BCUT2D eigenvalue weighted by atomic mass is 32.1. The number of nitrogens with one attached hydrogen (secondary N) is 2. The number of rotatable bonds is 11. The summed E-state index contributed by atoms with van der Waals surface area (Å²) in [5.74, 6) is 1.34. The fourth-order valence-electron chi connectivity index (χ4n) is 4.23. The van der Waals surface area contributed by atoms with Gasteiger partial charge in [-0.1, -0.05) is 32.0 Å². The van der Waals surface area contributed by atoms with Crippen molar-refractivity contribution in [3.8, 4) is 11.5 Å². The van der Waals surface area contributed by atoms with Gasteiger partial charge in [-0.15, -0.1) is 11.3 Å². The van der Waals surface area contributed by atoms with Crippen LogP contribution in [0.1, 0.15) is 48.3 Å². The first-order valence-corrected chi connectivity index (χ1v) is 13.4. The number of aromatic nitrogens is 1. The Bertz CT molecular complexity index is 1120. The summed E-state index contributed by atoms with van der Waals surface area (Å²) in [4.78, 5) is 20.1. The number of methoxy groups -OCH3 is 1. The number of thiazole rings is 1. The van der Waals surface area contributed by atoms with Crippen molar-refractivity contribution in [1.29, 1.82) is 0 Å². The van der Waals surface area contributed by atoms with Gasteiger partial charge in [0.1, 0.15) is 11.5 Å². The first-order chi connectivity index (χ1) is 17.5. The lowest BCUT2D eigenvalue weighted by Gasteiger charge is -2.26. The third-order valence-electron chi connectivity index (χ3n) is 6.62. The number of anilines is 1. The monoisotopic (exact) mass is 508 g/mol. The molecular weight excluding hydrogens is 472 g/mol. The Hall–Kier alpha value is -2.94. The van der Waals surface area contributed by atoms with Gasteiger partial charge >= 0.3 is 0 Å². The van der Waals surface area contributed by atoms with E-state index in [0.29, 0.717) is 23.1 Å². The second kappa shape index (κ2) is 12.3. The SMILES string of the molecule is COc1ccc(C(C)(C)c2csc(NC(=O)c3cccc(OCCCCN4CCNCC4)c3)n2)cc1. The van der Waals surface area contributed by atoms with Crippen molar-refractivity contribution in [3.05, 3.63) is 70.7 Å². The molecule has 2 N–H and O–H groups in total. The molecule has 192 valence electrons. The van der Waals surface area contributed by atoms with E-state index < -0.39 is 0 Å². The predicted octanol–water partition coefficient (Wildman–Crippen LogP) is 4.79. The van der Waals surface area contributed by atoms with Crippen LogP contribution in [-0.2, 0) is 5.41 Å². The van der Waals surface area contributed by atoms with Crippen molar-refractivity contribution in [2.75, 3.05) is 51.8 Å². The molecular formula is C28H36N4O3S. The number of benzene rings is 2. The lowest BCUT2D eigenvalue weighted by atomic mass is 9.82. The molecule has 0 aliphatic carbocycles. The van der Waals surface area contributed by atoms with Crippen LogP contribution in [0.4, 0.5) is 5.13 Å². The van der Waals surface area contributed by atoms with E-state index in [-0.39, 0.29) is 11.3 Å². The largest absolute Gasteiger partial charge is 0.497 e. The van der Waals surface area contributed by atoms with E-state index in [1.165, 1.54) is 11.3 Å². The lowest BCUT2D eigenvalue weighted by Crippen LogP contribution is -2.43. The highest BCUT2D eigenvalue weighted by molar-refractivity contribution is 7.14. The summed E-state index contributed by atoms with van der Waals surface area (Å²) in [6, 6.07) is 15.3. The Morgan fingerprint density at radius 3 is 2.64 bits per heavy atom. The van der Waals surface area contributed by atoms with Gasteiger partial charge in [0.2, 0.25) is 0 Å². The molecule has 0 atom stereocenters. The van der Waals surface area contributed by atoms with E-state index in [1.807, 2.05) is 41.8 Å². The third-order valence-corrected chi connectivity index (χ3v) is 7.38. The van der Waals surface area contributed by atoms with Gasteiger partial charge < -0.3 is 19.7 Å². The zero-order valence-corrected chi connectivity index (χ0v) is 22.2. The molecule has 1 amide bonds. The topological polar surface area (TPSA) is 75.7 Å². The first-order valence-electron chi connectivity index (χ1n) is 12.5. The fraction of sp³-hybridized carbons (Fsp3) is 0.429. The van der Waals surface area contributed by atoms with Crippen molar-refractivity contribution in [2.24, 2.45) is 0 Å². The number of unbranched alkanes of at least 4 members (excludes halogenated alkanes) is 1. The average Bonchev–Trinajstić information content (AvgIpc) is 3.39. The number of hydrogen-bond donors (Lipinski definition) is 2. The van der Waals surface area contributed by atoms with Crippen molar-refractivity contribution in [3.63, 3.8) is 0 Å². The molecule has 7 nitrogen and oxygen atoms in total. The number of carbonyl (C=O) groups is 1. The number of amides is 1. The highest BCUT2D eigenvalue weighted by Crippen LogP contribution is 2.34. The van der Waals surface area contributed by atoms with Gasteiger partial charge in [-0.2, -0.15) is 0 Å². The molecule has 3 aromatic rings. The normalized spacial score (nSPS) is 14.4. The quantitative estimate of drug-likeness (QED) is 0.363. The van der Waals surface area contributed by atoms with Gasteiger partial charge in [0.15, 0.2) is 5.13 Å². The molecule has 4 rings (SSSR count). The van der Waals surface area contributed by atoms with E-state index in [0.717, 1.165) is 62.6 Å². The Labute approximate surface area is 217 Å². The molecule has 1 aliphatic rings. The summed E-state index contributed by atoms with van der Waals surface area (Å²) in [6.07, 6.45) is 2.10. The van der Waals surface area contributed by atoms with Crippen LogP contribution >= 0.6 is 11.3 Å². The minimum atomic E-state index is -0.301. The molecule has 1 fully saturated rings. The molecule has 0 unspecified atom stereocenters. The van der Waals surface area contributed by atoms with Crippen molar-refractivity contribution in [1.82, 2.24) is 15.2 Å². The van der Waals surface area contributed by atoms with Gasteiger partial charge in [-0.25, -0.2) is 4.98 Å². The van der Waals surface area contributed by atoms with Crippen molar-refractivity contribution < 1.29 is 14.3 Å². The molecule has 1 aliphatic heterocycles. The van der Waals surface area contributed by atoms with Crippen LogP contribution in [0.3, 0.4) is 0 Å². The number of ether oxygens (including phenoxy) is 2. The van der Waals surface area contributed by atoms with Crippen LogP contribution in [0.2, 0.25) is 0 Å². The average molecular weight is 509 g/mol. The van der Waals surface area contributed by atoms with E-state index in [2.05, 4.69) is 29.4 Å². The molecule has 0 radical (unpaired) electrons.